The molecular formula is C23H19NOS. The number of carbonyl (C=O) groups excluding carboxylic acids is 1. The third-order valence-corrected chi connectivity index (χ3v) is 7.30. The second-order valence-corrected chi connectivity index (χ2v) is 8.65. The molecule has 2 aromatic heterocycles. The Morgan fingerprint density at radius 2 is 1.88 bits per heavy atom. The Kier molecular flexibility index (Phi) is 2.88. The number of allylic oxidation sites excluding steroid dienone is 4. The van der Waals surface area contributed by atoms with E-state index in [4.69, 9.17) is 0 Å². The molecule has 1 fully saturated rings. The zero-order valence-corrected chi connectivity index (χ0v) is 15.4. The molecule has 0 spiro atoms. The molecule has 0 aliphatic heterocycles. The molecule has 1 aromatic carbocycles. The van der Waals surface area contributed by atoms with Gasteiger partial charge in [0.25, 0.3) is 0 Å². The molecule has 4 atom stereocenters. The summed E-state index contributed by atoms with van der Waals surface area (Å²) in [7, 11) is 2.08. The maximum Gasteiger partial charge on any atom is 0.168 e. The first-order valence-corrected chi connectivity index (χ1v) is 10.2. The monoisotopic (exact) mass is 357 g/mol. The quantitative estimate of drug-likeness (QED) is 0.580. The minimum absolute atomic E-state index is 0.154. The van der Waals surface area contributed by atoms with Gasteiger partial charge < -0.3 is 4.57 Å². The van der Waals surface area contributed by atoms with Crippen LogP contribution in [0.15, 0.2) is 59.4 Å². The Bertz CT molecular complexity index is 1110. The molecule has 3 heteroatoms. The van der Waals surface area contributed by atoms with Gasteiger partial charge in [0.1, 0.15) is 0 Å². The topological polar surface area (TPSA) is 22.0 Å². The van der Waals surface area contributed by atoms with Crippen molar-refractivity contribution < 1.29 is 4.79 Å². The van der Waals surface area contributed by atoms with Crippen LogP contribution in [0, 0.1) is 23.7 Å². The highest BCUT2D eigenvalue weighted by molar-refractivity contribution is 7.08. The van der Waals surface area contributed by atoms with Gasteiger partial charge in [-0.2, -0.15) is 11.3 Å². The normalized spacial score (nSPS) is 29.3. The van der Waals surface area contributed by atoms with Crippen molar-refractivity contribution in [3.8, 4) is 0 Å². The molecule has 6 rings (SSSR count). The van der Waals surface area contributed by atoms with Crippen LogP contribution in [0.25, 0.3) is 22.0 Å². The van der Waals surface area contributed by atoms with Crippen molar-refractivity contribution in [1.29, 1.82) is 0 Å². The lowest BCUT2D eigenvalue weighted by atomic mass is 9.80. The van der Waals surface area contributed by atoms with Crippen molar-refractivity contribution in [3.05, 3.63) is 70.6 Å². The maximum absolute atomic E-state index is 13.4. The van der Waals surface area contributed by atoms with Gasteiger partial charge in [0.2, 0.25) is 0 Å². The van der Waals surface area contributed by atoms with E-state index in [1.807, 2.05) is 0 Å². The minimum Gasteiger partial charge on any atom is -0.351 e. The average molecular weight is 357 g/mol. The fourth-order valence-electron chi connectivity index (χ4n) is 5.53. The fraction of sp³-hybridized carbons (Fsp3) is 0.261. The number of fused-ring (bicyclic) bond motifs is 6. The molecular weight excluding hydrogens is 338 g/mol. The van der Waals surface area contributed by atoms with Gasteiger partial charge >= 0.3 is 0 Å². The van der Waals surface area contributed by atoms with Crippen LogP contribution in [0.1, 0.15) is 17.5 Å². The van der Waals surface area contributed by atoms with Crippen molar-refractivity contribution in [1.82, 2.24) is 4.57 Å². The van der Waals surface area contributed by atoms with Crippen LogP contribution < -0.4 is 0 Å². The summed E-state index contributed by atoms with van der Waals surface area (Å²) in [5, 5.41) is 5.45. The van der Waals surface area contributed by atoms with Gasteiger partial charge in [-0.05, 0) is 70.0 Å². The lowest BCUT2D eigenvalue weighted by Gasteiger charge is -2.22. The van der Waals surface area contributed by atoms with Crippen molar-refractivity contribution in [2.45, 2.75) is 6.42 Å². The van der Waals surface area contributed by atoms with E-state index in [9.17, 15) is 4.79 Å². The molecule has 1 saturated carbocycles. The molecule has 3 aliphatic rings. The Hall–Kier alpha value is -2.39. The van der Waals surface area contributed by atoms with Crippen LogP contribution in [-0.4, -0.2) is 10.4 Å². The zero-order valence-electron chi connectivity index (χ0n) is 14.6. The van der Waals surface area contributed by atoms with Crippen LogP contribution in [0.2, 0.25) is 0 Å². The molecule has 26 heavy (non-hydrogen) atoms. The van der Waals surface area contributed by atoms with Gasteiger partial charge in [-0.15, -0.1) is 0 Å². The molecule has 128 valence electrons. The Balaban J connectivity index is 1.61. The van der Waals surface area contributed by atoms with Gasteiger partial charge in [0.05, 0.1) is 0 Å². The predicted molar refractivity (Wildman–Crippen MR) is 107 cm³/mol. The van der Waals surface area contributed by atoms with Crippen molar-refractivity contribution in [2.75, 3.05) is 0 Å². The zero-order chi connectivity index (χ0) is 17.4. The SMILES string of the molecule is Cn1ccc2cc(C3=C(c4ccsc4)C(=O)[C@H]4[C@@H]3[C@@H]3C=C[C@H]4C3)ccc21. The van der Waals surface area contributed by atoms with Crippen molar-refractivity contribution in [2.24, 2.45) is 30.7 Å². The standard InChI is InChI=1S/C23H19NOS/c1-24-8-6-13-10-15(4-5-18(13)24)20-19-14-2-3-16(11-14)21(19)23(25)22(20)17-7-9-26-12-17/h2-10,12,14,16,19,21H,11H2,1H3/t14-,16+,19-,21-/m1/s1. The number of aryl methyl sites for hydroxylation is 1. The highest BCUT2D eigenvalue weighted by Gasteiger charge is 2.55. The number of rotatable bonds is 2. The minimum atomic E-state index is 0.154. The van der Waals surface area contributed by atoms with E-state index in [-0.39, 0.29) is 5.92 Å². The van der Waals surface area contributed by atoms with E-state index < -0.39 is 0 Å². The second kappa shape index (κ2) is 5.08. The maximum atomic E-state index is 13.4. The van der Waals surface area contributed by atoms with Crippen molar-refractivity contribution in [3.63, 3.8) is 0 Å². The van der Waals surface area contributed by atoms with Crippen LogP contribution in [0.5, 0.6) is 0 Å². The van der Waals surface area contributed by atoms with E-state index in [1.165, 1.54) is 22.0 Å². The van der Waals surface area contributed by atoms with Crippen LogP contribution in [-0.2, 0) is 11.8 Å². The lowest BCUT2D eigenvalue weighted by Crippen LogP contribution is -2.21. The molecule has 0 radical (unpaired) electrons. The summed E-state index contributed by atoms with van der Waals surface area (Å²) in [4.78, 5) is 13.4. The molecule has 2 heterocycles. The predicted octanol–water partition coefficient (Wildman–Crippen LogP) is 5.17. The Morgan fingerprint density at radius 1 is 1.04 bits per heavy atom. The number of carbonyl (C=O) groups is 1. The van der Waals surface area contributed by atoms with E-state index in [0.29, 0.717) is 23.5 Å². The molecule has 0 N–H and O–H groups in total. The summed E-state index contributed by atoms with van der Waals surface area (Å²) in [5.41, 5.74) is 5.85. The molecule has 2 nitrogen and oxygen atoms in total. The van der Waals surface area contributed by atoms with E-state index in [2.05, 4.69) is 71.1 Å². The van der Waals surface area contributed by atoms with Gasteiger partial charge in [0.15, 0.2) is 5.78 Å². The largest absolute Gasteiger partial charge is 0.351 e. The van der Waals surface area contributed by atoms with Gasteiger partial charge in [-0.3, -0.25) is 4.79 Å². The van der Waals surface area contributed by atoms with Crippen molar-refractivity contribution >= 4 is 39.2 Å². The smallest absolute Gasteiger partial charge is 0.168 e. The summed E-state index contributed by atoms with van der Waals surface area (Å²) in [6.45, 7) is 0. The van der Waals surface area contributed by atoms with Gasteiger partial charge in [-0.1, -0.05) is 18.2 Å². The number of Topliss-reactive ketones (excluding diaryl/α,β-unsaturated/α-hetero) is 1. The first kappa shape index (κ1) is 14.7. The highest BCUT2D eigenvalue weighted by atomic mass is 32.1. The first-order valence-electron chi connectivity index (χ1n) is 9.27. The van der Waals surface area contributed by atoms with E-state index in [0.717, 1.165) is 17.6 Å². The lowest BCUT2D eigenvalue weighted by molar-refractivity contribution is -0.117. The van der Waals surface area contributed by atoms with E-state index >= 15 is 0 Å². The summed E-state index contributed by atoms with van der Waals surface area (Å²) < 4.78 is 2.15. The highest BCUT2D eigenvalue weighted by Crippen LogP contribution is 2.60. The summed E-state index contributed by atoms with van der Waals surface area (Å²) in [6, 6.07) is 11.0. The summed E-state index contributed by atoms with van der Waals surface area (Å²) in [6.07, 6.45) is 7.90. The van der Waals surface area contributed by atoms with Gasteiger partial charge in [0, 0.05) is 41.6 Å². The summed E-state index contributed by atoms with van der Waals surface area (Å²) >= 11 is 1.67. The van der Waals surface area contributed by atoms with Crippen LogP contribution in [0.4, 0.5) is 0 Å². The Morgan fingerprint density at radius 3 is 2.69 bits per heavy atom. The molecule has 3 aromatic rings. The third kappa shape index (κ3) is 1.79. The number of hydrogen-bond donors (Lipinski definition) is 0. The molecule has 2 bridgehead atoms. The molecule has 0 unspecified atom stereocenters. The second-order valence-electron chi connectivity index (χ2n) is 7.87. The van der Waals surface area contributed by atoms with Gasteiger partial charge in [-0.25, -0.2) is 0 Å². The summed E-state index contributed by atoms with van der Waals surface area (Å²) in [5.74, 6) is 1.83. The third-order valence-electron chi connectivity index (χ3n) is 6.62. The number of thiophene rings is 1. The number of nitrogens with zero attached hydrogens (tertiary/aromatic N) is 1. The Labute approximate surface area is 156 Å². The number of hydrogen-bond acceptors (Lipinski definition) is 2. The fourth-order valence-corrected chi connectivity index (χ4v) is 6.18. The van der Waals surface area contributed by atoms with Crippen LogP contribution in [0.3, 0.4) is 0 Å². The molecule has 0 saturated heterocycles. The number of benzene rings is 1. The number of ketones is 1. The van der Waals surface area contributed by atoms with Crippen LogP contribution >= 0.6 is 11.3 Å². The first-order chi connectivity index (χ1) is 12.7. The average Bonchev–Trinajstić information content (AvgIpc) is 3.43. The number of aromatic nitrogens is 1. The molecule has 3 aliphatic carbocycles. The molecule has 0 amide bonds. The van der Waals surface area contributed by atoms with E-state index in [1.54, 1.807) is 11.3 Å².